The number of alkyl halides is 3. The van der Waals surface area contributed by atoms with E-state index in [1.54, 1.807) is 44.2 Å². The van der Waals surface area contributed by atoms with Gasteiger partial charge >= 0.3 is 12.1 Å². The molecule has 0 bridgehead atoms. The number of benzene rings is 1. The van der Waals surface area contributed by atoms with Gasteiger partial charge in [-0.2, -0.15) is 18.4 Å². The molecule has 0 amide bonds. The van der Waals surface area contributed by atoms with Crippen molar-refractivity contribution in [3.05, 3.63) is 69.1 Å². The van der Waals surface area contributed by atoms with E-state index in [1.807, 2.05) is 0 Å². The van der Waals surface area contributed by atoms with Crippen molar-refractivity contribution < 1.29 is 23.1 Å². The first-order valence-electron chi connectivity index (χ1n) is 10.9. The van der Waals surface area contributed by atoms with Gasteiger partial charge in [0.1, 0.15) is 17.8 Å². The van der Waals surface area contributed by atoms with E-state index in [4.69, 9.17) is 0 Å². The molecule has 1 aromatic carbocycles. The molecule has 1 aliphatic rings. The maximum atomic E-state index is 13.6. The summed E-state index contributed by atoms with van der Waals surface area (Å²) >= 11 is 0. The Balaban J connectivity index is 1.84. The molecular weight excluding hydrogens is 463 g/mol. The van der Waals surface area contributed by atoms with E-state index in [2.05, 4.69) is 15.6 Å². The summed E-state index contributed by atoms with van der Waals surface area (Å²) in [5.74, 6) is -2.20. The second-order valence-corrected chi connectivity index (χ2v) is 8.64. The number of aromatic nitrogens is 2. The molecule has 0 aliphatic heterocycles. The fourth-order valence-electron chi connectivity index (χ4n) is 4.08. The SMILES string of the molecule is Cc1cc([C@@H](C)Nc2ccccc2C(=O)O)c2nc(N[C@@H](C3CC3)C(F)(F)F)c(C#N)c(=O)n2c1. The molecule has 0 spiro atoms. The number of halogens is 3. The van der Waals surface area contributed by atoms with Crippen LogP contribution in [0.5, 0.6) is 0 Å². The van der Waals surface area contributed by atoms with Crippen LogP contribution in [0.25, 0.3) is 5.65 Å². The fourth-order valence-corrected chi connectivity index (χ4v) is 4.08. The van der Waals surface area contributed by atoms with Crippen LogP contribution in [0, 0.1) is 24.2 Å². The Morgan fingerprint density at radius 3 is 2.57 bits per heavy atom. The zero-order valence-electron chi connectivity index (χ0n) is 18.8. The van der Waals surface area contributed by atoms with Crippen molar-refractivity contribution in [2.24, 2.45) is 5.92 Å². The summed E-state index contributed by atoms with van der Waals surface area (Å²) in [7, 11) is 0. The number of hydrogen-bond donors (Lipinski definition) is 3. The maximum Gasteiger partial charge on any atom is 0.408 e. The number of fused-ring (bicyclic) bond motifs is 1. The van der Waals surface area contributed by atoms with Crippen LogP contribution in [0.3, 0.4) is 0 Å². The van der Waals surface area contributed by atoms with Crippen molar-refractivity contribution in [2.75, 3.05) is 10.6 Å². The van der Waals surface area contributed by atoms with E-state index in [-0.39, 0.29) is 11.2 Å². The third kappa shape index (κ3) is 4.77. The van der Waals surface area contributed by atoms with Crippen molar-refractivity contribution in [1.29, 1.82) is 5.26 Å². The minimum atomic E-state index is -4.58. The Hall–Kier alpha value is -4.07. The molecule has 1 aliphatic carbocycles. The molecule has 0 saturated heterocycles. The lowest BCUT2D eigenvalue weighted by Crippen LogP contribution is -2.39. The largest absolute Gasteiger partial charge is 0.478 e. The van der Waals surface area contributed by atoms with E-state index in [1.165, 1.54) is 12.3 Å². The topological polar surface area (TPSA) is 120 Å². The molecule has 0 radical (unpaired) electrons. The molecule has 4 rings (SSSR count). The van der Waals surface area contributed by atoms with Crippen molar-refractivity contribution >= 4 is 23.1 Å². The predicted octanol–water partition coefficient (Wildman–Crippen LogP) is 4.50. The summed E-state index contributed by atoms with van der Waals surface area (Å²) in [6.45, 7) is 3.44. The highest BCUT2D eigenvalue weighted by Gasteiger charge is 2.49. The van der Waals surface area contributed by atoms with E-state index in [0.717, 1.165) is 4.40 Å². The normalized spacial score (nSPS) is 15.3. The number of aromatic carboxylic acids is 1. The highest BCUT2D eigenvalue weighted by molar-refractivity contribution is 5.94. The van der Waals surface area contributed by atoms with Gasteiger partial charge in [-0.3, -0.25) is 9.20 Å². The number of hydrogen-bond acceptors (Lipinski definition) is 6. The van der Waals surface area contributed by atoms with Crippen LogP contribution in [0.2, 0.25) is 0 Å². The van der Waals surface area contributed by atoms with Crippen LogP contribution >= 0.6 is 0 Å². The Labute approximate surface area is 198 Å². The average molecular weight is 485 g/mol. The Morgan fingerprint density at radius 1 is 1.29 bits per heavy atom. The minimum Gasteiger partial charge on any atom is -0.478 e. The van der Waals surface area contributed by atoms with Gasteiger partial charge in [0.2, 0.25) is 0 Å². The Bertz CT molecular complexity index is 1410. The van der Waals surface area contributed by atoms with Gasteiger partial charge in [0.25, 0.3) is 5.56 Å². The standard InChI is InChI=1S/C24H22F3N5O3/c1-12-9-16(13(2)29-18-6-4-3-5-15(18)23(34)35)21-31-20(17(10-28)22(33)32(21)11-12)30-19(14-7-8-14)24(25,26)27/h3-6,9,11,13-14,19,29-30H,7-8H2,1-2H3,(H,34,35)/t13-,19+/m1/s1. The van der Waals surface area contributed by atoms with Crippen molar-refractivity contribution in [3.8, 4) is 6.07 Å². The van der Waals surface area contributed by atoms with Crippen molar-refractivity contribution in [1.82, 2.24) is 9.38 Å². The molecule has 8 nitrogen and oxygen atoms in total. The van der Waals surface area contributed by atoms with Crippen molar-refractivity contribution in [2.45, 2.75) is 44.9 Å². The lowest BCUT2D eigenvalue weighted by Gasteiger charge is -2.23. The molecule has 1 saturated carbocycles. The summed E-state index contributed by atoms with van der Waals surface area (Å²) in [6.07, 6.45) is -2.34. The first-order chi connectivity index (χ1) is 16.5. The molecule has 1 fully saturated rings. The van der Waals surface area contributed by atoms with Crippen LogP contribution in [0.4, 0.5) is 24.7 Å². The number of anilines is 2. The molecule has 0 unspecified atom stereocenters. The number of pyridine rings is 1. The predicted molar refractivity (Wildman–Crippen MR) is 123 cm³/mol. The molecule has 11 heteroatoms. The van der Waals surface area contributed by atoms with Gasteiger partial charge in [-0.1, -0.05) is 12.1 Å². The monoisotopic (exact) mass is 485 g/mol. The third-order valence-corrected chi connectivity index (χ3v) is 5.94. The molecule has 35 heavy (non-hydrogen) atoms. The fraction of sp³-hybridized carbons (Fsp3) is 0.333. The minimum absolute atomic E-state index is 0.0352. The van der Waals surface area contributed by atoms with E-state index in [0.29, 0.717) is 29.7 Å². The van der Waals surface area contributed by atoms with Gasteiger partial charge in [-0.25, -0.2) is 9.78 Å². The molecule has 2 atom stereocenters. The summed E-state index contributed by atoms with van der Waals surface area (Å²) in [5, 5.41) is 24.4. The number of carbonyl (C=O) groups is 1. The number of nitrogens with zero attached hydrogens (tertiary/aromatic N) is 3. The number of nitriles is 1. The quantitative estimate of drug-likeness (QED) is 0.451. The number of para-hydroxylation sites is 1. The molecule has 3 aromatic rings. The highest BCUT2D eigenvalue weighted by Crippen LogP contribution is 2.41. The van der Waals surface area contributed by atoms with Crippen LogP contribution in [-0.4, -0.2) is 32.7 Å². The molecule has 2 aromatic heterocycles. The van der Waals surface area contributed by atoms with Gasteiger partial charge in [-0.15, -0.1) is 0 Å². The van der Waals surface area contributed by atoms with Crippen LogP contribution in [0.15, 0.2) is 41.3 Å². The molecule has 3 N–H and O–H groups in total. The van der Waals surface area contributed by atoms with E-state index >= 15 is 0 Å². The Morgan fingerprint density at radius 2 is 1.97 bits per heavy atom. The lowest BCUT2D eigenvalue weighted by molar-refractivity contribution is -0.146. The number of nitrogens with one attached hydrogen (secondary N) is 2. The highest BCUT2D eigenvalue weighted by atomic mass is 19.4. The van der Waals surface area contributed by atoms with Crippen molar-refractivity contribution in [3.63, 3.8) is 0 Å². The van der Waals surface area contributed by atoms with Gasteiger partial charge in [0.05, 0.1) is 11.6 Å². The summed E-state index contributed by atoms with van der Waals surface area (Å²) in [4.78, 5) is 29.0. The number of carboxylic acids is 1. The summed E-state index contributed by atoms with van der Waals surface area (Å²) in [5.41, 5.74) is 0.217. The van der Waals surface area contributed by atoms with Gasteiger partial charge < -0.3 is 15.7 Å². The Kier molecular flexibility index (Phi) is 6.15. The van der Waals surface area contributed by atoms with Crippen LogP contribution < -0.4 is 16.2 Å². The maximum absolute atomic E-state index is 13.6. The molecule has 182 valence electrons. The smallest absolute Gasteiger partial charge is 0.408 e. The second kappa shape index (κ2) is 8.94. The number of carboxylic acid groups (broad SMARTS) is 1. The van der Waals surface area contributed by atoms with Crippen LogP contribution in [-0.2, 0) is 0 Å². The number of aryl methyl sites for hydroxylation is 1. The summed E-state index contributed by atoms with van der Waals surface area (Å²) < 4.78 is 42.0. The zero-order valence-corrected chi connectivity index (χ0v) is 18.8. The van der Waals surface area contributed by atoms with E-state index < -0.39 is 47.1 Å². The average Bonchev–Trinajstić information content (AvgIpc) is 3.62. The van der Waals surface area contributed by atoms with E-state index in [9.17, 15) is 33.1 Å². The third-order valence-electron chi connectivity index (χ3n) is 5.94. The first kappa shape index (κ1) is 24.1. The first-order valence-corrected chi connectivity index (χ1v) is 10.9. The lowest BCUT2D eigenvalue weighted by atomic mass is 10.1. The summed E-state index contributed by atoms with van der Waals surface area (Å²) in [6, 6.07) is 7.17. The molecule has 2 heterocycles. The zero-order chi connectivity index (χ0) is 25.5. The van der Waals surface area contributed by atoms with Gasteiger partial charge in [-0.05, 0) is 56.4 Å². The van der Waals surface area contributed by atoms with Gasteiger partial charge in [0, 0.05) is 17.4 Å². The van der Waals surface area contributed by atoms with Gasteiger partial charge in [0.15, 0.2) is 11.4 Å². The molecular formula is C24H22F3N5O3. The second-order valence-electron chi connectivity index (χ2n) is 8.64. The van der Waals surface area contributed by atoms with Crippen LogP contribution in [0.1, 0.15) is 52.9 Å². The number of rotatable bonds is 7.